The molecule has 0 aromatic heterocycles. The Balaban J connectivity index is 1.63. The van der Waals surface area contributed by atoms with Gasteiger partial charge in [0.15, 0.2) is 11.5 Å². The Kier molecular flexibility index (Phi) is 8.62. The number of ether oxygens (including phenoxy) is 2. The number of carbonyl (C=O) groups excluding carboxylic acids is 1. The van der Waals surface area contributed by atoms with Crippen LogP contribution >= 0.6 is 0 Å². The Morgan fingerprint density at radius 1 is 1.00 bits per heavy atom. The molecule has 0 unspecified atom stereocenters. The van der Waals surface area contributed by atoms with Crippen molar-refractivity contribution in [2.75, 3.05) is 39.4 Å². The Hall–Kier alpha value is -2.98. The SMILES string of the molecule is CCCOc1ccc(/C=C/C(=O)N2CCN(S(=O)(=O)c3cc(F)ccc3F)CC2)cc1OCC. The van der Waals surface area contributed by atoms with Crippen molar-refractivity contribution in [2.24, 2.45) is 0 Å². The molecule has 3 rings (SSSR count). The van der Waals surface area contributed by atoms with Gasteiger partial charge >= 0.3 is 0 Å². The van der Waals surface area contributed by atoms with Crippen molar-refractivity contribution in [1.29, 1.82) is 0 Å². The molecule has 0 N–H and O–H groups in total. The number of halogens is 2. The number of sulfonamides is 1. The lowest BCUT2D eigenvalue weighted by Gasteiger charge is -2.33. The lowest BCUT2D eigenvalue weighted by atomic mass is 10.2. The molecule has 0 spiro atoms. The number of amides is 1. The van der Waals surface area contributed by atoms with E-state index in [1.807, 2.05) is 19.9 Å². The summed E-state index contributed by atoms with van der Waals surface area (Å²) >= 11 is 0. The van der Waals surface area contributed by atoms with Crippen LogP contribution in [-0.4, -0.2) is 62.9 Å². The first kappa shape index (κ1) is 25.6. The van der Waals surface area contributed by atoms with Crippen molar-refractivity contribution in [3.05, 3.63) is 59.7 Å². The predicted octanol–water partition coefficient (Wildman–Crippen LogP) is 3.70. The lowest BCUT2D eigenvalue weighted by molar-refractivity contribution is -0.127. The van der Waals surface area contributed by atoms with E-state index in [1.54, 1.807) is 18.2 Å². The molecule has 1 aliphatic heterocycles. The van der Waals surface area contributed by atoms with Crippen LogP contribution in [0.4, 0.5) is 8.78 Å². The van der Waals surface area contributed by atoms with Crippen molar-refractivity contribution in [1.82, 2.24) is 9.21 Å². The molecule has 1 aliphatic rings. The normalized spacial score (nSPS) is 15.0. The number of carbonyl (C=O) groups is 1. The zero-order valence-corrected chi connectivity index (χ0v) is 20.0. The van der Waals surface area contributed by atoms with E-state index in [0.29, 0.717) is 30.8 Å². The van der Waals surface area contributed by atoms with Crippen LogP contribution in [0.15, 0.2) is 47.4 Å². The van der Waals surface area contributed by atoms with Gasteiger partial charge in [-0.25, -0.2) is 17.2 Å². The summed E-state index contributed by atoms with van der Waals surface area (Å²) in [5.41, 5.74) is 0.753. The van der Waals surface area contributed by atoms with Crippen LogP contribution in [0.5, 0.6) is 11.5 Å². The van der Waals surface area contributed by atoms with E-state index in [1.165, 1.54) is 11.0 Å². The Morgan fingerprint density at radius 3 is 2.41 bits per heavy atom. The summed E-state index contributed by atoms with van der Waals surface area (Å²) in [5, 5.41) is 0. The molecule has 2 aromatic carbocycles. The zero-order valence-electron chi connectivity index (χ0n) is 19.2. The van der Waals surface area contributed by atoms with Crippen molar-refractivity contribution in [2.45, 2.75) is 25.2 Å². The summed E-state index contributed by atoms with van der Waals surface area (Å²) in [5.74, 6) is -0.900. The quantitative estimate of drug-likeness (QED) is 0.497. The number of nitrogens with zero attached hydrogens (tertiary/aromatic N) is 2. The van der Waals surface area contributed by atoms with Gasteiger partial charge in [0.05, 0.1) is 13.2 Å². The zero-order chi connectivity index (χ0) is 24.7. The van der Waals surface area contributed by atoms with Gasteiger partial charge in [-0.15, -0.1) is 0 Å². The minimum Gasteiger partial charge on any atom is -0.490 e. The summed E-state index contributed by atoms with van der Waals surface area (Å²) in [6, 6.07) is 7.71. The van der Waals surface area contributed by atoms with Gasteiger partial charge in [-0.3, -0.25) is 4.79 Å². The first-order valence-corrected chi connectivity index (χ1v) is 12.5. The molecule has 0 atom stereocenters. The third kappa shape index (κ3) is 6.12. The predicted molar refractivity (Wildman–Crippen MR) is 124 cm³/mol. The Bertz CT molecular complexity index is 1150. The molecule has 1 heterocycles. The topological polar surface area (TPSA) is 76.2 Å². The highest BCUT2D eigenvalue weighted by molar-refractivity contribution is 7.89. The minimum absolute atomic E-state index is 0.0180. The maximum absolute atomic E-state index is 14.0. The summed E-state index contributed by atoms with van der Waals surface area (Å²) in [6.45, 7) is 5.16. The summed E-state index contributed by atoms with van der Waals surface area (Å²) in [6.07, 6.45) is 3.93. The van der Waals surface area contributed by atoms with E-state index in [4.69, 9.17) is 9.47 Å². The molecule has 0 aliphatic carbocycles. The van der Waals surface area contributed by atoms with E-state index in [9.17, 15) is 22.0 Å². The Morgan fingerprint density at radius 2 is 1.74 bits per heavy atom. The highest BCUT2D eigenvalue weighted by Gasteiger charge is 2.31. The second-order valence-electron chi connectivity index (χ2n) is 7.63. The number of hydrogen-bond acceptors (Lipinski definition) is 5. The van der Waals surface area contributed by atoms with Gasteiger partial charge in [0.1, 0.15) is 16.5 Å². The third-order valence-corrected chi connectivity index (χ3v) is 7.12. The molecule has 184 valence electrons. The van der Waals surface area contributed by atoms with Crippen LogP contribution in [-0.2, 0) is 14.8 Å². The van der Waals surface area contributed by atoms with Crippen LogP contribution < -0.4 is 9.47 Å². The highest BCUT2D eigenvalue weighted by atomic mass is 32.2. The monoisotopic (exact) mass is 494 g/mol. The summed E-state index contributed by atoms with van der Waals surface area (Å²) in [7, 11) is -4.20. The second kappa shape index (κ2) is 11.4. The van der Waals surface area contributed by atoms with Crippen LogP contribution in [0.2, 0.25) is 0 Å². The van der Waals surface area contributed by atoms with E-state index < -0.39 is 26.6 Å². The lowest BCUT2D eigenvalue weighted by Crippen LogP contribution is -2.50. The molecular formula is C24H28F2N2O5S. The molecule has 0 radical (unpaired) electrons. The molecule has 10 heteroatoms. The fourth-order valence-electron chi connectivity index (χ4n) is 3.46. The third-order valence-electron chi connectivity index (χ3n) is 5.21. The van der Waals surface area contributed by atoms with E-state index in [-0.39, 0.29) is 32.1 Å². The van der Waals surface area contributed by atoms with Gasteiger partial charge in [-0.2, -0.15) is 4.31 Å². The fraction of sp³-hybridized carbons (Fsp3) is 0.375. The minimum atomic E-state index is -4.20. The average Bonchev–Trinajstić information content (AvgIpc) is 2.83. The first-order valence-electron chi connectivity index (χ1n) is 11.1. The largest absolute Gasteiger partial charge is 0.490 e. The van der Waals surface area contributed by atoms with Crippen LogP contribution in [0.1, 0.15) is 25.8 Å². The molecule has 1 fully saturated rings. The average molecular weight is 495 g/mol. The molecule has 34 heavy (non-hydrogen) atoms. The van der Waals surface area contributed by atoms with Gasteiger partial charge in [0.25, 0.3) is 0 Å². The number of piperazine rings is 1. The van der Waals surface area contributed by atoms with Gasteiger partial charge < -0.3 is 14.4 Å². The van der Waals surface area contributed by atoms with Gasteiger partial charge in [0, 0.05) is 32.3 Å². The fourth-order valence-corrected chi connectivity index (χ4v) is 4.96. The van der Waals surface area contributed by atoms with Crippen LogP contribution in [0, 0.1) is 11.6 Å². The standard InChI is InChI=1S/C24H28F2N2O5S/c1-3-15-33-21-9-5-18(16-22(21)32-4-2)6-10-24(29)27-11-13-28(14-12-27)34(30,31)23-17-19(25)7-8-20(23)26/h5-10,16-17H,3-4,11-15H2,1-2H3/b10-6+. The number of benzene rings is 2. The van der Waals surface area contributed by atoms with E-state index in [2.05, 4.69) is 0 Å². The molecule has 1 saturated heterocycles. The maximum Gasteiger partial charge on any atom is 0.246 e. The molecule has 1 amide bonds. The Labute approximate surface area is 198 Å². The van der Waals surface area contributed by atoms with Crippen molar-refractivity contribution in [3.63, 3.8) is 0 Å². The van der Waals surface area contributed by atoms with Crippen LogP contribution in [0.3, 0.4) is 0 Å². The van der Waals surface area contributed by atoms with Gasteiger partial charge in [-0.1, -0.05) is 13.0 Å². The van der Waals surface area contributed by atoms with E-state index in [0.717, 1.165) is 28.4 Å². The van der Waals surface area contributed by atoms with Crippen molar-refractivity contribution >= 4 is 22.0 Å². The van der Waals surface area contributed by atoms with Gasteiger partial charge in [-0.05, 0) is 55.3 Å². The molecule has 0 bridgehead atoms. The van der Waals surface area contributed by atoms with Crippen molar-refractivity contribution in [3.8, 4) is 11.5 Å². The molecule has 0 saturated carbocycles. The summed E-state index contributed by atoms with van der Waals surface area (Å²) in [4.78, 5) is 13.4. The second-order valence-corrected chi connectivity index (χ2v) is 9.53. The van der Waals surface area contributed by atoms with Crippen LogP contribution in [0.25, 0.3) is 6.08 Å². The van der Waals surface area contributed by atoms with Gasteiger partial charge in [0.2, 0.25) is 15.9 Å². The maximum atomic E-state index is 14.0. The summed E-state index contributed by atoms with van der Waals surface area (Å²) < 4.78 is 65.2. The van der Waals surface area contributed by atoms with Crippen molar-refractivity contribution < 1.29 is 31.5 Å². The highest BCUT2D eigenvalue weighted by Crippen LogP contribution is 2.29. The van der Waals surface area contributed by atoms with E-state index >= 15 is 0 Å². The molecular weight excluding hydrogens is 466 g/mol. The number of hydrogen-bond donors (Lipinski definition) is 0. The molecule has 7 nitrogen and oxygen atoms in total. The molecule has 2 aromatic rings. The smallest absolute Gasteiger partial charge is 0.246 e. The number of rotatable bonds is 9. The first-order chi connectivity index (χ1) is 16.3.